The molecule has 0 N–H and O–H groups in total. The van der Waals surface area contributed by atoms with Crippen LogP contribution in [-0.4, -0.2) is 7.85 Å². The van der Waals surface area contributed by atoms with Crippen LogP contribution in [0.5, 0.6) is 0 Å². The predicted octanol–water partition coefficient (Wildman–Crippen LogP) is 8.06. The van der Waals surface area contributed by atoms with E-state index in [0.717, 1.165) is 37.4 Å². The quantitative estimate of drug-likeness (QED) is 0.215. The smallest absolute Gasteiger partial charge is 0.0153 e. The minimum atomic E-state index is 0.550. The topological polar surface area (TPSA) is 0 Å². The summed E-state index contributed by atoms with van der Waals surface area (Å²) in [6, 6.07) is 0. The Morgan fingerprint density at radius 1 is 0.926 bits per heavy atom. The second kappa shape index (κ2) is 7.42. The van der Waals surface area contributed by atoms with E-state index >= 15 is 0 Å². The molecule has 0 heterocycles. The van der Waals surface area contributed by atoms with Gasteiger partial charge in [0.2, 0.25) is 0 Å². The first-order valence-corrected chi connectivity index (χ1v) is 13.8. The molecule has 27 heavy (non-hydrogen) atoms. The lowest BCUT2D eigenvalue weighted by Crippen LogP contribution is -2.37. The van der Waals surface area contributed by atoms with Gasteiger partial charge in [-0.3, -0.25) is 0 Å². The van der Waals surface area contributed by atoms with Crippen molar-refractivity contribution in [1.82, 2.24) is 0 Å². The molecule has 3 saturated carbocycles. The van der Waals surface area contributed by atoms with E-state index in [4.69, 9.17) is 0 Å². The van der Waals surface area contributed by atoms with Crippen LogP contribution in [-0.2, 0) is 0 Å². The minimum Gasteiger partial charge on any atom is -0.0839 e. The Labute approximate surface area is 193 Å². The Bertz CT molecular complexity index is 697. The molecule has 0 amide bonds. The van der Waals surface area contributed by atoms with E-state index in [2.05, 4.69) is 77.3 Å². The second-order valence-electron chi connectivity index (χ2n) is 10.6. The third-order valence-electron chi connectivity index (χ3n) is 9.06. The van der Waals surface area contributed by atoms with Crippen LogP contribution in [0.3, 0.4) is 0 Å². The summed E-state index contributed by atoms with van der Waals surface area (Å²) in [6.45, 7) is 5.30. The molecule has 0 spiro atoms. The maximum absolute atomic E-state index is 2.84. The maximum atomic E-state index is 2.84. The van der Waals surface area contributed by atoms with Crippen molar-refractivity contribution in [2.45, 2.75) is 79.5 Å². The van der Waals surface area contributed by atoms with Gasteiger partial charge in [-0.2, -0.15) is 0 Å². The molecule has 0 aliphatic heterocycles. The van der Waals surface area contributed by atoms with Crippen molar-refractivity contribution in [2.24, 2.45) is 35.0 Å². The van der Waals surface area contributed by atoms with E-state index in [9.17, 15) is 0 Å². The van der Waals surface area contributed by atoms with Crippen molar-refractivity contribution < 1.29 is 0 Å². The molecule has 5 rings (SSSR count). The van der Waals surface area contributed by atoms with Crippen molar-refractivity contribution in [3.8, 4) is 0 Å². The molecular weight excluding hydrogens is 554 g/mol. The van der Waals surface area contributed by atoms with E-state index in [1.807, 2.05) is 5.57 Å². The fourth-order valence-electron chi connectivity index (χ4n) is 7.71. The van der Waals surface area contributed by atoms with Crippen molar-refractivity contribution in [1.29, 1.82) is 0 Å². The number of hydrogen-bond acceptors (Lipinski definition) is 0. The summed E-state index contributed by atoms with van der Waals surface area (Å²) >= 11 is 5.59. The Kier molecular flexibility index (Phi) is 5.40. The summed E-state index contributed by atoms with van der Waals surface area (Å²) in [4.78, 5) is 0. The normalized spacial score (nSPS) is 45.8. The Morgan fingerprint density at radius 2 is 1.78 bits per heavy atom. The second-order valence-corrected chi connectivity index (χ2v) is 13.9. The largest absolute Gasteiger partial charge is 0.0839 e. The Hall–Kier alpha value is 0.680. The molecule has 0 nitrogen and oxygen atoms in total. The van der Waals surface area contributed by atoms with Gasteiger partial charge in [-0.25, -0.2) is 0 Å². The molecule has 3 fully saturated rings. The molecule has 0 saturated heterocycles. The molecular formula is C25H34I2. The summed E-state index contributed by atoms with van der Waals surface area (Å²) in [6.07, 6.45) is 20.1. The number of fused-ring (bicyclic) bond motifs is 3. The number of allylic oxidation sites excluding steroid dienone is 6. The maximum Gasteiger partial charge on any atom is 0.0153 e. The molecule has 148 valence electrons. The third kappa shape index (κ3) is 3.35. The van der Waals surface area contributed by atoms with Crippen LogP contribution in [0.2, 0.25) is 0 Å². The molecule has 5 aliphatic rings. The molecule has 0 aromatic heterocycles. The molecule has 0 bridgehead atoms. The molecule has 0 aromatic carbocycles. The summed E-state index contributed by atoms with van der Waals surface area (Å²) in [5.41, 5.74) is 5.70. The Balaban J connectivity index is 1.39. The first kappa shape index (κ1) is 19.6. The molecule has 2 heteroatoms. The van der Waals surface area contributed by atoms with E-state index in [1.165, 1.54) is 57.8 Å². The minimum absolute atomic E-state index is 0.550. The van der Waals surface area contributed by atoms with Crippen LogP contribution in [0.15, 0.2) is 34.9 Å². The molecule has 0 radical (unpaired) electrons. The third-order valence-corrected chi connectivity index (χ3v) is 11.4. The highest BCUT2D eigenvalue weighted by atomic mass is 127. The van der Waals surface area contributed by atoms with Crippen molar-refractivity contribution in [3.63, 3.8) is 0 Å². The van der Waals surface area contributed by atoms with Gasteiger partial charge in [0.15, 0.2) is 0 Å². The predicted molar refractivity (Wildman–Crippen MR) is 133 cm³/mol. The van der Waals surface area contributed by atoms with Gasteiger partial charge in [-0.1, -0.05) is 82.8 Å². The lowest BCUT2D eigenvalue weighted by molar-refractivity contribution is 0.110. The van der Waals surface area contributed by atoms with Gasteiger partial charge in [-0.05, 0) is 104 Å². The SMILES string of the molecule is CC1(C)C2CC(C3=CC4=C(C=CCC4)CC3)CCC2C2C(I)CC(I)CC21. The first-order chi connectivity index (χ1) is 12.9. The van der Waals surface area contributed by atoms with Crippen LogP contribution in [0.4, 0.5) is 0 Å². The summed E-state index contributed by atoms with van der Waals surface area (Å²) in [5, 5.41) is 0. The fraction of sp³-hybridized carbons (Fsp3) is 0.760. The van der Waals surface area contributed by atoms with Crippen molar-refractivity contribution in [3.05, 3.63) is 34.9 Å². The first-order valence-electron chi connectivity index (χ1n) is 11.3. The summed E-state index contributed by atoms with van der Waals surface area (Å²) < 4.78 is 1.83. The van der Waals surface area contributed by atoms with Gasteiger partial charge in [0.1, 0.15) is 0 Å². The molecule has 7 atom stereocenters. The zero-order valence-electron chi connectivity index (χ0n) is 16.9. The Morgan fingerprint density at radius 3 is 2.63 bits per heavy atom. The van der Waals surface area contributed by atoms with Crippen molar-refractivity contribution >= 4 is 45.2 Å². The van der Waals surface area contributed by atoms with Crippen molar-refractivity contribution in [2.75, 3.05) is 0 Å². The van der Waals surface area contributed by atoms with Gasteiger partial charge < -0.3 is 0 Å². The lowest BCUT2D eigenvalue weighted by Gasteiger charge is -2.41. The summed E-state index contributed by atoms with van der Waals surface area (Å²) in [5.74, 6) is 4.85. The van der Waals surface area contributed by atoms with Crippen LogP contribution in [0, 0.1) is 35.0 Å². The van der Waals surface area contributed by atoms with E-state index in [1.54, 1.807) is 11.1 Å². The van der Waals surface area contributed by atoms with E-state index in [-0.39, 0.29) is 0 Å². The molecule has 7 unspecified atom stereocenters. The highest BCUT2D eigenvalue weighted by molar-refractivity contribution is 14.1. The standard InChI is InChI=1S/C25H34I2/c1-25(2)21-12-18(17-8-7-15-5-3-4-6-16(15)11-17)9-10-20(21)24-22(25)13-19(26)14-23(24)27/h3,5,11,18-24H,4,6-10,12-14H2,1-2H3. The van der Waals surface area contributed by atoms with Gasteiger partial charge in [0.25, 0.3) is 0 Å². The average Bonchev–Trinajstić information content (AvgIpc) is 2.88. The monoisotopic (exact) mass is 588 g/mol. The number of hydrogen-bond donors (Lipinski definition) is 0. The number of halogens is 2. The van der Waals surface area contributed by atoms with Crippen LogP contribution in [0.1, 0.15) is 71.6 Å². The van der Waals surface area contributed by atoms with Gasteiger partial charge in [0.05, 0.1) is 0 Å². The lowest BCUT2D eigenvalue weighted by atomic mass is 9.64. The van der Waals surface area contributed by atoms with E-state index in [0.29, 0.717) is 5.41 Å². The van der Waals surface area contributed by atoms with Crippen LogP contribution >= 0.6 is 45.2 Å². The average molecular weight is 588 g/mol. The van der Waals surface area contributed by atoms with E-state index < -0.39 is 0 Å². The zero-order valence-corrected chi connectivity index (χ0v) is 21.2. The van der Waals surface area contributed by atoms with Crippen LogP contribution in [0.25, 0.3) is 0 Å². The summed E-state index contributed by atoms with van der Waals surface area (Å²) in [7, 11) is 0. The van der Waals surface area contributed by atoms with Crippen LogP contribution < -0.4 is 0 Å². The molecule has 0 aromatic rings. The highest BCUT2D eigenvalue weighted by Gasteiger charge is 2.59. The fourth-order valence-corrected chi connectivity index (χ4v) is 11.4. The molecule has 5 aliphatic carbocycles. The van der Waals surface area contributed by atoms with Gasteiger partial charge in [0, 0.05) is 7.85 Å². The highest BCUT2D eigenvalue weighted by Crippen LogP contribution is 2.65. The van der Waals surface area contributed by atoms with Gasteiger partial charge in [-0.15, -0.1) is 0 Å². The zero-order chi connectivity index (χ0) is 18.8. The van der Waals surface area contributed by atoms with Gasteiger partial charge >= 0.3 is 0 Å². The number of rotatable bonds is 1. The number of alkyl halides is 2.